The Bertz CT molecular complexity index is 1730. The number of hydrogen-bond donors (Lipinski definition) is 16. The molecule has 63 heavy (non-hydrogen) atoms. The lowest BCUT2D eigenvalue weighted by atomic mass is 10.0. The fourth-order valence-electron chi connectivity index (χ4n) is 5.25. The van der Waals surface area contributed by atoms with Crippen LogP contribution < -0.4 is 48.3 Å². The maximum atomic E-state index is 13.9. The summed E-state index contributed by atoms with van der Waals surface area (Å²) in [6, 6.07) is -7.37. The number of thioether (sulfide) groups is 1. The molecule has 0 saturated carbocycles. The summed E-state index contributed by atoms with van der Waals surface area (Å²) in [5.41, 5.74) is 6.00. The SMILES string of the molecule is CSCC[C@H](NC(=O)[C@H](Cc1ccc(O)cc1)NC(=O)[C@H](CO)NC(=O)[C@@H](NC(=O)[C@H](CO)NC(=O)[C@H](CO)NC(=O)[C@@H](N)CS)C(C)C)C(=O)N[C@@H](C)C(=O)N[C@@H](CS)C(=O)O. The molecule has 0 spiro atoms. The Balaban J connectivity index is 3.27. The van der Waals surface area contributed by atoms with Crippen LogP contribution in [0.25, 0.3) is 0 Å². The lowest BCUT2D eigenvalue weighted by molar-refractivity contribution is -0.141. The summed E-state index contributed by atoms with van der Waals surface area (Å²) in [6.07, 6.45) is 1.55. The molecule has 8 amide bonds. The van der Waals surface area contributed by atoms with Crippen LogP contribution in [0.4, 0.5) is 0 Å². The Hall–Kier alpha value is -4.86. The molecule has 0 aliphatic carbocycles. The highest BCUT2D eigenvalue weighted by atomic mass is 32.2. The maximum Gasteiger partial charge on any atom is 0.327 e. The molecule has 26 heteroatoms. The van der Waals surface area contributed by atoms with Crippen molar-refractivity contribution in [3.8, 4) is 5.75 Å². The smallest absolute Gasteiger partial charge is 0.327 e. The fraction of sp³-hybridized carbons (Fsp3) is 0.595. The van der Waals surface area contributed by atoms with Crippen LogP contribution in [-0.2, 0) is 49.6 Å². The highest BCUT2D eigenvalue weighted by molar-refractivity contribution is 7.98. The summed E-state index contributed by atoms with van der Waals surface area (Å²) in [7, 11) is 0. The Morgan fingerprint density at radius 1 is 0.587 bits per heavy atom. The molecule has 1 aromatic rings. The van der Waals surface area contributed by atoms with Crippen molar-refractivity contribution in [1.82, 2.24) is 42.5 Å². The predicted octanol–water partition coefficient (Wildman–Crippen LogP) is -5.51. The number of carbonyl (C=O) groups is 9. The van der Waals surface area contributed by atoms with Crippen LogP contribution in [0.2, 0.25) is 0 Å². The van der Waals surface area contributed by atoms with Crippen LogP contribution >= 0.6 is 37.0 Å². The second-order valence-electron chi connectivity index (χ2n) is 14.3. The minimum absolute atomic E-state index is 0.0451. The molecule has 0 saturated heterocycles. The highest BCUT2D eigenvalue weighted by Crippen LogP contribution is 2.13. The van der Waals surface area contributed by atoms with Gasteiger partial charge in [0, 0.05) is 17.9 Å². The summed E-state index contributed by atoms with van der Waals surface area (Å²) in [5.74, 6) is -9.74. The van der Waals surface area contributed by atoms with Gasteiger partial charge in [-0.2, -0.15) is 37.0 Å². The summed E-state index contributed by atoms with van der Waals surface area (Å²) in [4.78, 5) is 116. The first-order valence-corrected chi connectivity index (χ1v) is 22.1. The van der Waals surface area contributed by atoms with Gasteiger partial charge >= 0.3 is 5.97 Å². The number of aliphatic hydroxyl groups is 3. The minimum Gasteiger partial charge on any atom is -0.508 e. The van der Waals surface area contributed by atoms with E-state index in [0.717, 1.165) is 0 Å². The number of benzene rings is 1. The lowest BCUT2D eigenvalue weighted by Gasteiger charge is -2.28. The number of thiol groups is 2. The van der Waals surface area contributed by atoms with Gasteiger partial charge in [0.05, 0.1) is 25.9 Å². The average Bonchev–Trinajstić information content (AvgIpc) is 3.25. The number of nitrogens with two attached hydrogens (primary N) is 1. The number of hydrogen-bond acceptors (Lipinski definition) is 17. The van der Waals surface area contributed by atoms with Gasteiger partial charge in [-0.05, 0) is 49.0 Å². The number of phenolic OH excluding ortho intramolecular Hbond substituents is 1. The van der Waals surface area contributed by atoms with Crippen molar-refractivity contribution < 1.29 is 68.7 Å². The van der Waals surface area contributed by atoms with Crippen LogP contribution in [0.3, 0.4) is 0 Å². The van der Waals surface area contributed by atoms with E-state index in [1.165, 1.54) is 56.8 Å². The van der Waals surface area contributed by atoms with E-state index in [1.807, 2.05) is 0 Å². The van der Waals surface area contributed by atoms with Gasteiger partial charge < -0.3 is 73.8 Å². The van der Waals surface area contributed by atoms with Gasteiger partial charge in [0.15, 0.2) is 0 Å². The number of amides is 8. The molecule has 0 fully saturated rings. The van der Waals surface area contributed by atoms with Crippen molar-refractivity contribution in [2.24, 2.45) is 11.7 Å². The number of carbonyl (C=O) groups excluding carboxylic acids is 8. The van der Waals surface area contributed by atoms with Gasteiger partial charge in [0.2, 0.25) is 47.3 Å². The molecule has 0 aliphatic heterocycles. The third-order valence-corrected chi connectivity index (χ3v) is 10.4. The third-order valence-electron chi connectivity index (χ3n) is 9.03. The standard InChI is InChI=1S/C37H59N9O14S3/c1-17(2)28(46-35(57)26(14-49)43-34(56)24(12-47)42-30(52)21(38)15-61)36(58)44-25(13-48)33(55)41-23(11-19-5-7-20(50)8-6-19)32(54)40-22(9-10-63-4)31(53)39-18(3)29(51)45-27(16-62)37(59)60/h5-8,17-18,21-28,47-50,61-62H,9-16,38H2,1-4H3,(H,39,53)(H,40,54)(H,41,55)(H,42,52)(H,43,56)(H,44,58)(H,45,51)(H,46,57)(H,59,60)/t18-,21-,22-,23-,24-,25-,26-,27-,28-/m0/s1. The summed E-state index contributed by atoms with van der Waals surface area (Å²) in [6.45, 7) is 1.41. The van der Waals surface area contributed by atoms with Crippen LogP contribution in [-0.4, -0.2) is 176 Å². The summed E-state index contributed by atoms with van der Waals surface area (Å²) in [5, 5.41) is 67.5. The Labute approximate surface area is 378 Å². The second kappa shape index (κ2) is 28.8. The molecule has 23 nitrogen and oxygen atoms in total. The first-order chi connectivity index (χ1) is 29.7. The molecule has 15 N–H and O–H groups in total. The van der Waals surface area contributed by atoms with Crippen molar-refractivity contribution in [3.63, 3.8) is 0 Å². The van der Waals surface area contributed by atoms with Gasteiger partial charge in [-0.1, -0.05) is 26.0 Å². The first kappa shape index (κ1) is 56.2. The van der Waals surface area contributed by atoms with E-state index in [-0.39, 0.29) is 30.1 Å². The quantitative estimate of drug-likeness (QED) is 0.0349. The zero-order valence-electron chi connectivity index (χ0n) is 35.0. The molecular weight excluding hydrogens is 891 g/mol. The molecule has 0 aliphatic rings. The molecule has 1 rings (SSSR count). The number of carboxylic acids is 1. The number of rotatable bonds is 28. The molecule has 0 aromatic heterocycles. The van der Waals surface area contributed by atoms with E-state index in [9.17, 15) is 68.7 Å². The van der Waals surface area contributed by atoms with Crippen LogP contribution in [0.15, 0.2) is 24.3 Å². The Morgan fingerprint density at radius 2 is 1.02 bits per heavy atom. The number of aromatic hydroxyl groups is 1. The third kappa shape index (κ3) is 19.2. The van der Waals surface area contributed by atoms with Gasteiger partial charge in [0.1, 0.15) is 54.1 Å². The highest BCUT2D eigenvalue weighted by Gasteiger charge is 2.35. The molecule has 0 heterocycles. The molecule has 0 unspecified atom stereocenters. The Kier molecular flexibility index (Phi) is 25.6. The molecule has 0 radical (unpaired) electrons. The number of aliphatic hydroxyl groups excluding tert-OH is 3. The van der Waals surface area contributed by atoms with Crippen LogP contribution in [0.1, 0.15) is 32.8 Å². The normalized spacial score (nSPS) is 15.3. The average molecular weight is 950 g/mol. The van der Waals surface area contributed by atoms with E-state index >= 15 is 0 Å². The number of aliphatic carboxylic acids is 1. The van der Waals surface area contributed by atoms with Crippen molar-refractivity contribution in [3.05, 3.63) is 29.8 Å². The van der Waals surface area contributed by atoms with Crippen molar-refractivity contribution in [2.45, 2.75) is 88.0 Å². The number of phenols is 1. The topological polar surface area (TPSA) is 377 Å². The van der Waals surface area contributed by atoms with E-state index in [2.05, 4.69) is 67.8 Å². The van der Waals surface area contributed by atoms with Crippen molar-refractivity contribution >= 4 is 90.2 Å². The zero-order valence-corrected chi connectivity index (χ0v) is 37.6. The molecule has 9 atom stereocenters. The van der Waals surface area contributed by atoms with E-state index in [4.69, 9.17) is 5.73 Å². The zero-order chi connectivity index (χ0) is 48.0. The van der Waals surface area contributed by atoms with Crippen molar-refractivity contribution in [2.75, 3.05) is 43.3 Å². The number of carboxylic acid groups (broad SMARTS) is 1. The first-order valence-electron chi connectivity index (χ1n) is 19.4. The fourth-order valence-corrected chi connectivity index (χ4v) is 6.14. The lowest BCUT2D eigenvalue weighted by Crippen LogP contribution is -2.62. The minimum atomic E-state index is -1.74. The van der Waals surface area contributed by atoms with Gasteiger partial charge in [-0.3, -0.25) is 38.4 Å². The van der Waals surface area contributed by atoms with Gasteiger partial charge in [0.25, 0.3) is 0 Å². The van der Waals surface area contributed by atoms with Gasteiger partial charge in [-0.15, -0.1) is 0 Å². The summed E-state index contributed by atoms with van der Waals surface area (Å²) >= 11 is 9.13. The van der Waals surface area contributed by atoms with Gasteiger partial charge in [-0.25, -0.2) is 4.79 Å². The molecule has 1 aromatic carbocycles. The number of nitrogens with one attached hydrogen (secondary N) is 8. The molecular formula is C37H59N9O14S3. The van der Waals surface area contributed by atoms with Crippen LogP contribution in [0.5, 0.6) is 5.75 Å². The predicted molar refractivity (Wildman–Crippen MR) is 235 cm³/mol. The molecule has 0 bridgehead atoms. The van der Waals surface area contributed by atoms with E-state index in [0.29, 0.717) is 11.3 Å². The van der Waals surface area contributed by atoms with Crippen molar-refractivity contribution in [1.29, 1.82) is 0 Å². The monoisotopic (exact) mass is 949 g/mol. The van der Waals surface area contributed by atoms with Crippen LogP contribution in [0, 0.1) is 5.92 Å². The van der Waals surface area contributed by atoms with E-state index in [1.54, 1.807) is 6.26 Å². The Morgan fingerprint density at radius 3 is 1.48 bits per heavy atom. The second-order valence-corrected chi connectivity index (χ2v) is 16.1. The largest absolute Gasteiger partial charge is 0.508 e. The maximum absolute atomic E-state index is 13.9. The molecule has 354 valence electrons. The van der Waals surface area contributed by atoms with E-state index < -0.39 is 133 Å². The summed E-state index contributed by atoms with van der Waals surface area (Å²) < 4.78 is 0.